The number of aromatic nitrogens is 4. The van der Waals surface area contributed by atoms with Gasteiger partial charge in [0.1, 0.15) is 18.0 Å². The van der Waals surface area contributed by atoms with Crippen LogP contribution in [0.4, 0.5) is 17.5 Å². The Morgan fingerprint density at radius 2 is 1.96 bits per heavy atom. The fourth-order valence-corrected chi connectivity index (χ4v) is 3.57. The number of morpholine rings is 1. The number of nitrogens with zero attached hydrogens (tertiary/aromatic N) is 6. The van der Waals surface area contributed by atoms with Gasteiger partial charge in [0.25, 0.3) is 0 Å². The molecular formula is C19H25N7O2. The zero-order valence-electron chi connectivity index (χ0n) is 16.0. The van der Waals surface area contributed by atoms with E-state index < -0.39 is 0 Å². The topological polar surface area (TPSA) is 96.4 Å². The van der Waals surface area contributed by atoms with Crippen LogP contribution in [-0.2, 0) is 9.53 Å². The van der Waals surface area contributed by atoms with Crippen LogP contribution in [0.15, 0.2) is 24.5 Å². The van der Waals surface area contributed by atoms with Crippen LogP contribution < -0.4 is 15.1 Å². The van der Waals surface area contributed by atoms with Crippen LogP contribution in [0.5, 0.6) is 0 Å². The molecule has 0 bridgehead atoms. The van der Waals surface area contributed by atoms with Crippen LogP contribution in [0.2, 0.25) is 0 Å². The highest BCUT2D eigenvalue weighted by molar-refractivity contribution is 5.92. The van der Waals surface area contributed by atoms with Crippen LogP contribution in [-0.4, -0.2) is 65.5 Å². The number of hydrogen-bond acceptors (Lipinski definition) is 8. The van der Waals surface area contributed by atoms with E-state index in [1.807, 2.05) is 25.1 Å². The minimum atomic E-state index is -0.112. The molecule has 2 aliphatic heterocycles. The zero-order valence-corrected chi connectivity index (χ0v) is 16.0. The predicted molar refractivity (Wildman–Crippen MR) is 105 cm³/mol. The first-order valence-electron chi connectivity index (χ1n) is 9.70. The molecule has 2 fully saturated rings. The van der Waals surface area contributed by atoms with Crippen molar-refractivity contribution in [1.29, 1.82) is 0 Å². The highest BCUT2D eigenvalue weighted by Gasteiger charge is 2.27. The van der Waals surface area contributed by atoms with E-state index in [0.717, 1.165) is 49.8 Å². The van der Waals surface area contributed by atoms with Crippen LogP contribution in [0.1, 0.15) is 18.5 Å². The number of aryl methyl sites for hydroxylation is 1. The third kappa shape index (κ3) is 4.36. The van der Waals surface area contributed by atoms with Gasteiger partial charge in [-0.3, -0.25) is 4.79 Å². The first-order chi connectivity index (χ1) is 13.7. The van der Waals surface area contributed by atoms with E-state index >= 15 is 0 Å². The van der Waals surface area contributed by atoms with Crippen molar-refractivity contribution in [3.05, 3.63) is 30.2 Å². The maximum atomic E-state index is 12.8. The van der Waals surface area contributed by atoms with E-state index in [1.54, 1.807) is 0 Å². The van der Waals surface area contributed by atoms with Crippen LogP contribution in [0.25, 0.3) is 0 Å². The van der Waals surface area contributed by atoms with E-state index in [9.17, 15) is 4.79 Å². The van der Waals surface area contributed by atoms with Crippen molar-refractivity contribution in [2.24, 2.45) is 5.92 Å². The fourth-order valence-electron chi connectivity index (χ4n) is 3.57. The second-order valence-electron chi connectivity index (χ2n) is 7.17. The second-order valence-corrected chi connectivity index (χ2v) is 7.17. The number of ether oxygens (including phenoxy) is 1. The zero-order chi connectivity index (χ0) is 19.3. The molecule has 9 heteroatoms. The molecule has 0 spiro atoms. The quantitative estimate of drug-likeness (QED) is 0.843. The molecule has 1 unspecified atom stereocenters. The highest BCUT2D eigenvalue weighted by atomic mass is 16.5. The van der Waals surface area contributed by atoms with Crippen LogP contribution in [0.3, 0.4) is 0 Å². The third-order valence-corrected chi connectivity index (χ3v) is 5.14. The molecule has 28 heavy (non-hydrogen) atoms. The van der Waals surface area contributed by atoms with Gasteiger partial charge in [0.2, 0.25) is 5.91 Å². The lowest BCUT2D eigenvalue weighted by Gasteiger charge is -2.32. The van der Waals surface area contributed by atoms with Gasteiger partial charge in [-0.05, 0) is 31.9 Å². The summed E-state index contributed by atoms with van der Waals surface area (Å²) in [6, 6.07) is 5.73. The molecule has 148 valence electrons. The summed E-state index contributed by atoms with van der Waals surface area (Å²) < 4.78 is 5.38. The molecule has 0 saturated carbocycles. The van der Waals surface area contributed by atoms with Gasteiger partial charge < -0.3 is 19.9 Å². The number of anilines is 3. The van der Waals surface area contributed by atoms with Gasteiger partial charge in [-0.2, -0.15) is 5.10 Å². The van der Waals surface area contributed by atoms with Crippen molar-refractivity contribution >= 4 is 23.4 Å². The minimum absolute atomic E-state index is 0.0172. The van der Waals surface area contributed by atoms with Gasteiger partial charge >= 0.3 is 0 Å². The molecule has 2 aliphatic rings. The summed E-state index contributed by atoms with van der Waals surface area (Å²) in [5, 5.41) is 11.3. The summed E-state index contributed by atoms with van der Waals surface area (Å²) in [6.07, 6.45) is 3.29. The normalized spacial score (nSPS) is 20.1. The van der Waals surface area contributed by atoms with E-state index in [2.05, 4.69) is 35.3 Å². The van der Waals surface area contributed by atoms with Gasteiger partial charge in [-0.15, -0.1) is 5.10 Å². The maximum absolute atomic E-state index is 12.8. The van der Waals surface area contributed by atoms with E-state index in [-0.39, 0.29) is 11.8 Å². The summed E-state index contributed by atoms with van der Waals surface area (Å²) in [4.78, 5) is 25.6. The average molecular weight is 383 g/mol. The van der Waals surface area contributed by atoms with Crippen LogP contribution >= 0.6 is 0 Å². The van der Waals surface area contributed by atoms with Gasteiger partial charge in [-0.1, -0.05) is 0 Å². The SMILES string of the molecule is Cc1ccc(N2CCCC(C(=O)Nc3cc(N4CCOCC4)ncn3)C2)nn1. The smallest absolute Gasteiger partial charge is 0.230 e. The molecule has 0 radical (unpaired) electrons. The summed E-state index contributed by atoms with van der Waals surface area (Å²) in [5.41, 5.74) is 0.884. The Hall–Kier alpha value is -2.81. The minimum Gasteiger partial charge on any atom is -0.378 e. The number of piperidine rings is 1. The molecule has 2 aromatic rings. The number of nitrogens with one attached hydrogen (secondary N) is 1. The molecule has 9 nitrogen and oxygen atoms in total. The molecule has 1 amide bonds. The molecule has 1 N–H and O–H groups in total. The number of carbonyl (C=O) groups excluding carboxylic acids is 1. The van der Waals surface area contributed by atoms with E-state index in [0.29, 0.717) is 25.6 Å². The lowest BCUT2D eigenvalue weighted by atomic mass is 9.97. The van der Waals surface area contributed by atoms with Crippen molar-refractivity contribution in [2.75, 3.05) is 54.5 Å². The third-order valence-electron chi connectivity index (χ3n) is 5.14. The molecular weight excluding hydrogens is 358 g/mol. The summed E-state index contributed by atoms with van der Waals surface area (Å²) in [5.74, 6) is 2.04. The molecule has 1 atom stereocenters. The predicted octanol–water partition coefficient (Wildman–Crippen LogP) is 1.27. The van der Waals surface area contributed by atoms with Crippen molar-refractivity contribution in [1.82, 2.24) is 20.2 Å². The first kappa shape index (κ1) is 18.5. The number of carbonyl (C=O) groups is 1. The summed E-state index contributed by atoms with van der Waals surface area (Å²) >= 11 is 0. The summed E-state index contributed by atoms with van der Waals surface area (Å²) in [6.45, 7) is 6.38. The number of hydrogen-bond donors (Lipinski definition) is 1. The van der Waals surface area contributed by atoms with Crippen molar-refractivity contribution in [3.8, 4) is 0 Å². The van der Waals surface area contributed by atoms with Gasteiger partial charge in [0, 0.05) is 32.2 Å². The highest BCUT2D eigenvalue weighted by Crippen LogP contribution is 2.23. The second kappa shape index (κ2) is 8.47. The Morgan fingerprint density at radius 1 is 1.11 bits per heavy atom. The van der Waals surface area contributed by atoms with Crippen LogP contribution in [0, 0.1) is 12.8 Å². The Labute approximate surface area is 164 Å². The Balaban J connectivity index is 1.39. The van der Waals surface area contributed by atoms with Gasteiger partial charge in [0.15, 0.2) is 5.82 Å². The van der Waals surface area contributed by atoms with Crippen molar-refractivity contribution < 1.29 is 9.53 Å². The molecule has 2 saturated heterocycles. The van der Waals surface area contributed by atoms with Crippen molar-refractivity contribution in [2.45, 2.75) is 19.8 Å². The first-order valence-corrected chi connectivity index (χ1v) is 9.70. The number of amides is 1. The molecule has 0 aromatic carbocycles. The maximum Gasteiger partial charge on any atom is 0.230 e. The molecule has 4 heterocycles. The largest absolute Gasteiger partial charge is 0.378 e. The Bertz CT molecular complexity index is 808. The average Bonchev–Trinajstić information content (AvgIpc) is 2.75. The molecule has 0 aliphatic carbocycles. The van der Waals surface area contributed by atoms with Gasteiger partial charge in [-0.25, -0.2) is 9.97 Å². The molecule has 2 aromatic heterocycles. The molecule has 4 rings (SSSR count). The van der Waals surface area contributed by atoms with Gasteiger partial charge in [0.05, 0.1) is 24.8 Å². The Kier molecular flexibility index (Phi) is 5.61. The van der Waals surface area contributed by atoms with Crippen molar-refractivity contribution in [3.63, 3.8) is 0 Å². The fraction of sp³-hybridized carbons (Fsp3) is 0.526. The van der Waals surface area contributed by atoms with E-state index in [4.69, 9.17) is 4.74 Å². The lowest BCUT2D eigenvalue weighted by Crippen LogP contribution is -2.41. The number of rotatable bonds is 4. The standard InChI is InChI=1S/C19H25N7O2/c1-14-4-5-17(24-23-14)26-6-2-3-15(12-26)19(27)22-16-11-18(21-13-20-16)25-7-9-28-10-8-25/h4-5,11,13,15H,2-3,6-10,12H2,1H3,(H,20,21,22,27). The lowest BCUT2D eigenvalue weighted by molar-refractivity contribution is -0.120. The Morgan fingerprint density at radius 3 is 2.75 bits per heavy atom. The summed E-state index contributed by atoms with van der Waals surface area (Å²) in [7, 11) is 0. The van der Waals surface area contributed by atoms with E-state index in [1.165, 1.54) is 6.33 Å². The monoisotopic (exact) mass is 383 g/mol.